The van der Waals surface area contributed by atoms with E-state index in [9.17, 15) is 18.3 Å². The fourth-order valence-electron chi connectivity index (χ4n) is 1.96. The Morgan fingerprint density at radius 2 is 1.80 bits per heavy atom. The summed E-state index contributed by atoms with van der Waals surface area (Å²) in [5.41, 5.74) is 0.469. The Kier molecular flexibility index (Phi) is 4.30. The Morgan fingerprint density at radius 3 is 2.30 bits per heavy atom. The number of hydrogen-bond donors (Lipinski definition) is 1. The second kappa shape index (κ2) is 5.81. The van der Waals surface area contributed by atoms with Gasteiger partial charge in [-0.25, -0.2) is 0 Å². The first-order valence-electron chi connectivity index (χ1n) is 5.81. The Morgan fingerprint density at radius 1 is 1.15 bits per heavy atom. The summed E-state index contributed by atoms with van der Waals surface area (Å²) in [5.74, 6) is -0.479. The molecule has 1 aromatic heterocycles. The number of nitrogens with zero attached hydrogens (tertiary/aromatic N) is 1. The Bertz CT molecular complexity index is 584. The first kappa shape index (κ1) is 14.8. The molecule has 0 aliphatic rings. The fourth-order valence-corrected chi connectivity index (χ4v) is 2.21. The second-order valence-electron chi connectivity index (χ2n) is 4.25. The fraction of sp³-hybridized carbons (Fsp3) is 0.214. The van der Waals surface area contributed by atoms with Gasteiger partial charge in [-0.2, -0.15) is 13.2 Å². The van der Waals surface area contributed by atoms with Gasteiger partial charge in [-0.3, -0.25) is 4.98 Å². The summed E-state index contributed by atoms with van der Waals surface area (Å²) >= 11 is 6.00. The maximum atomic E-state index is 12.5. The average Bonchev–Trinajstić information content (AvgIpc) is 2.41. The molecule has 0 radical (unpaired) electrons. The van der Waals surface area contributed by atoms with Gasteiger partial charge in [0.1, 0.15) is 0 Å². The third-order valence-electron chi connectivity index (χ3n) is 3.00. The topological polar surface area (TPSA) is 33.1 Å². The van der Waals surface area contributed by atoms with Crippen LogP contribution in [-0.4, -0.2) is 16.7 Å². The van der Waals surface area contributed by atoms with Gasteiger partial charge in [0, 0.05) is 18.3 Å². The minimum atomic E-state index is -4.37. The molecule has 0 fully saturated rings. The van der Waals surface area contributed by atoms with Gasteiger partial charge in [-0.05, 0) is 29.3 Å². The number of aliphatic hydroxyl groups is 1. The molecule has 106 valence electrons. The van der Waals surface area contributed by atoms with Crippen molar-refractivity contribution in [3.05, 3.63) is 64.4 Å². The molecule has 0 aliphatic heterocycles. The maximum Gasteiger partial charge on any atom is 0.416 e. The van der Waals surface area contributed by atoms with Crippen LogP contribution < -0.4 is 0 Å². The summed E-state index contributed by atoms with van der Waals surface area (Å²) in [6.45, 7) is -0.255. The van der Waals surface area contributed by atoms with E-state index < -0.39 is 17.7 Å². The molecule has 20 heavy (non-hydrogen) atoms. The van der Waals surface area contributed by atoms with Gasteiger partial charge < -0.3 is 5.11 Å². The van der Waals surface area contributed by atoms with Crippen molar-refractivity contribution in [1.29, 1.82) is 0 Å². The van der Waals surface area contributed by atoms with Crippen LogP contribution in [-0.2, 0) is 6.18 Å². The quantitative estimate of drug-likeness (QED) is 0.933. The van der Waals surface area contributed by atoms with Crippen LogP contribution in [0.4, 0.5) is 13.2 Å². The van der Waals surface area contributed by atoms with E-state index in [1.165, 1.54) is 24.5 Å². The van der Waals surface area contributed by atoms with Crippen LogP contribution in [0.2, 0.25) is 5.02 Å². The van der Waals surface area contributed by atoms with Gasteiger partial charge in [-0.15, -0.1) is 0 Å². The van der Waals surface area contributed by atoms with E-state index >= 15 is 0 Å². The molecule has 0 bridgehead atoms. The van der Waals surface area contributed by atoms with E-state index in [0.29, 0.717) is 16.1 Å². The number of aliphatic hydroxyl groups excluding tert-OH is 1. The molecule has 6 heteroatoms. The highest BCUT2D eigenvalue weighted by Gasteiger charge is 2.30. The molecule has 1 N–H and O–H groups in total. The highest BCUT2D eigenvalue weighted by atomic mass is 35.5. The van der Waals surface area contributed by atoms with Gasteiger partial charge in [0.25, 0.3) is 0 Å². The number of alkyl halides is 3. The normalized spacial score (nSPS) is 13.2. The van der Waals surface area contributed by atoms with Crippen molar-refractivity contribution < 1.29 is 18.3 Å². The molecule has 0 spiro atoms. The van der Waals surface area contributed by atoms with E-state index in [2.05, 4.69) is 4.98 Å². The largest absolute Gasteiger partial charge is 0.416 e. The number of pyridine rings is 1. The maximum absolute atomic E-state index is 12.5. The molecule has 1 atom stereocenters. The van der Waals surface area contributed by atoms with Crippen molar-refractivity contribution in [3.63, 3.8) is 0 Å². The lowest BCUT2D eigenvalue weighted by molar-refractivity contribution is -0.137. The van der Waals surface area contributed by atoms with Crippen molar-refractivity contribution in [2.75, 3.05) is 6.61 Å². The third kappa shape index (κ3) is 3.11. The van der Waals surface area contributed by atoms with Crippen molar-refractivity contribution in [3.8, 4) is 0 Å². The predicted molar refractivity (Wildman–Crippen MR) is 69.6 cm³/mol. The molecule has 1 aromatic carbocycles. The summed E-state index contributed by atoms with van der Waals surface area (Å²) in [6, 6.07) is 6.32. The Hall–Kier alpha value is -1.59. The van der Waals surface area contributed by atoms with Crippen LogP contribution >= 0.6 is 11.6 Å². The highest BCUT2D eigenvalue weighted by Crippen LogP contribution is 2.33. The smallest absolute Gasteiger partial charge is 0.395 e. The second-order valence-corrected chi connectivity index (χ2v) is 4.66. The molecule has 0 saturated carbocycles. The van der Waals surface area contributed by atoms with Crippen LogP contribution in [0.3, 0.4) is 0 Å². The van der Waals surface area contributed by atoms with E-state index in [0.717, 1.165) is 12.1 Å². The van der Waals surface area contributed by atoms with Gasteiger partial charge in [0.2, 0.25) is 0 Å². The van der Waals surface area contributed by atoms with E-state index in [1.54, 1.807) is 6.07 Å². The van der Waals surface area contributed by atoms with Gasteiger partial charge >= 0.3 is 6.18 Å². The molecule has 1 heterocycles. The molecule has 0 amide bonds. The summed E-state index contributed by atoms with van der Waals surface area (Å²) in [7, 11) is 0. The molecule has 0 saturated heterocycles. The van der Waals surface area contributed by atoms with Gasteiger partial charge in [0.15, 0.2) is 0 Å². The first-order chi connectivity index (χ1) is 9.43. The number of halogens is 4. The van der Waals surface area contributed by atoms with E-state index in [1.807, 2.05) is 0 Å². The van der Waals surface area contributed by atoms with Crippen LogP contribution in [0.1, 0.15) is 22.6 Å². The van der Waals surface area contributed by atoms with Crippen LogP contribution in [0.25, 0.3) is 0 Å². The molecular formula is C14H11ClF3NO. The predicted octanol–water partition coefficient (Wildman–Crippen LogP) is 3.88. The van der Waals surface area contributed by atoms with E-state index in [4.69, 9.17) is 11.6 Å². The zero-order valence-electron chi connectivity index (χ0n) is 10.2. The average molecular weight is 302 g/mol. The lowest BCUT2D eigenvalue weighted by Crippen LogP contribution is -2.09. The minimum Gasteiger partial charge on any atom is -0.395 e. The number of aromatic nitrogens is 1. The molecular weight excluding hydrogens is 291 g/mol. The number of rotatable bonds is 3. The Balaban J connectivity index is 2.36. The molecule has 2 rings (SSSR count). The summed E-state index contributed by atoms with van der Waals surface area (Å²) in [4.78, 5) is 3.84. The minimum absolute atomic E-state index is 0.255. The van der Waals surface area contributed by atoms with Crippen molar-refractivity contribution in [1.82, 2.24) is 4.98 Å². The van der Waals surface area contributed by atoms with Gasteiger partial charge in [0.05, 0.1) is 17.2 Å². The molecule has 2 aromatic rings. The van der Waals surface area contributed by atoms with Crippen molar-refractivity contribution in [2.24, 2.45) is 0 Å². The summed E-state index contributed by atoms with van der Waals surface area (Å²) in [6.07, 6.45) is -1.42. The first-order valence-corrected chi connectivity index (χ1v) is 6.18. The summed E-state index contributed by atoms with van der Waals surface area (Å²) < 4.78 is 37.5. The van der Waals surface area contributed by atoms with E-state index in [-0.39, 0.29) is 6.61 Å². The molecule has 0 aliphatic carbocycles. The summed E-state index contributed by atoms with van der Waals surface area (Å²) in [5, 5.41) is 9.85. The third-order valence-corrected chi connectivity index (χ3v) is 3.32. The zero-order chi connectivity index (χ0) is 14.8. The Labute approximate surface area is 118 Å². The molecule has 1 unspecified atom stereocenters. The van der Waals surface area contributed by atoms with Crippen LogP contribution in [0.15, 0.2) is 42.7 Å². The van der Waals surface area contributed by atoms with Crippen LogP contribution in [0, 0.1) is 0 Å². The van der Waals surface area contributed by atoms with Crippen LogP contribution in [0.5, 0.6) is 0 Å². The molecule has 2 nitrogen and oxygen atoms in total. The zero-order valence-corrected chi connectivity index (χ0v) is 11.0. The standard InChI is InChI=1S/C14H11ClF3NO/c15-13-7-19-6-5-11(13)12(8-20)9-1-3-10(4-2-9)14(16,17)18/h1-7,12,20H,8H2. The lowest BCUT2D eigenvalue weighted by Gasteiger charge is -2.17. The van der Waals surface area contributed by atoms with Gasteiger partial charge in [-0.1, -0.05) is 23.7 Å². The highest BCUT2D eigenvalue weighted by molar-refractivity contribution is 6.31. The number of hydrogen-bond acceptors (Lipinski definition) is 2. The SMILES string of the molecule is OCC(c1ccc(C(F)(F)F)cc1)c1ccncc1Cl. The van der Waals surface area contributed by atoms with Crippen molar-refractivity contribution >= 4 is 11.6 Å². The lowest BCUT2D eigenvalue weighted by atomic mass is 9.92. The monoisotopic (exact) mass is 301 g/mol. The number of benzene rings is 1. The van der Waals surface area contributed by atoms with Crippen molar-refractivity contribution in [2.45, 2.75) is 12.1 Å².